The Kier molecular flexibility index (Phi) is 9.79. The van der Waals surface area contributed by atoms with E-state index in [4.69, 9.17) is 5.11 Å². The van der Waals surface area contributed by atoms with Gasteiger partial charge in [-0.3, -0.25) is 14.4 Å². The normalized spacial score (nSPS) is 15.4. The van der Waals surface area contributed by atoms with E-state index in [1.807, 2.05) is 13.8 Å². The molecule has 1 aromatic rings. The number of hydrogen-bond donors (Lipinski definition) is 2. The summed E-state index contributed by atoms with van der Waals surface area (Å²) in [7, 11) is 3.21. The first kappa shape index (κ1) is 27.0. The topological polar surface area (TPSA) is 114 Å². The number of carbonyl (C=O) groups excluding carboxylic acids is 3. The highest BCUT2D eigenvalue weighted by atomic mass is 19.1. The van der Waals surface area contributed by atoms with Crippen molar-refractivity contribution in [1.82, 2.24) is 25.1 Å². The predicted molar refractivity (Wildman–Crippen MR) is 123 cm³/mol. The summed E-state index contributed by atoms with van der Waals surface area (Å²) in [5, 5.41) is 14.6. The van der Waals surface area contributed by atoms with Gasteiger partial charge in [-0.05, 0) is 36.5 Å². The standard InChI is InChI=1S/C23H34FN5O5/c1-16(2)11-12-26(3)22(33)19(9-10-21(31)32)28-15-29(27(4)14-20(28)30)23(34)25-13-17-5-7-18(24)8-6-17/h5-8,16,19H,9-15H2,1-4H3,(H,25,34)(H,31,32). The van der Waals surface area contributed by atoms with Crippen LogP contribution in [-0.2, 0) is 20.9 Å². The molecule has 1 heterocycles. The first-order valence-corrected chi connectivity index (χ1v) is 11.3. The summed E-state index contributed by atoms with van der Waals surface area (Å²) in [4.78, 5) is 52.9. The lowest BCUT2D eigenvalue weighted by atomic mass is 10.1. The van der Waals surface area contributed by atoms with E-state index in [1.165, 1.54) is 32.0 Å². The summed E-state index contributed by atoms with van der Waals surface area (Å²) in [6.45, 7) is 4.36. The molecule has 4 amide bonds. The molecule has 2 N–H and O–H groups in total. The zero-order valence-corrected chi connectivity index (χ0v) is 20.2. The SMILES string of the molecule is CC(C)CCN(C)C(=O)C(CCC(=O)O)N1CN(C(=O)NCc2ccc(F)cc2)N(C)CC1=O. The largest absolute Gasteiger partial charge is 0.481 e. The molecule has 0 aromatic heterocycles. The molecule has 1 aromatic carbocycles. The van der Waals surface area contributed by atoms with Gasteiger partial charge in [-0.15, -0.1) is 0 Å². The first-order chi connectivity index (χ1) is 16.0. The van der Waals surface area contributed by atoms with Crippen molar-refractivity contribution in [2.75, 3.05) is 33.9 Å². The smallest absolute Gasteiger partial charge is 0.333 e. The maximum Gasteiger partial charge on any atom is 0.333 e. The molecule has 1 aliphatic heterocycles. The third-order valence-electron chi connectivity index (χ3n) is 5.69. The van der Waals surface area contributed by atoms with Crippen molar-refractivity contribution in [2.45, 2.75) is 45.7 Å². The number of urea groups is 1. The lowest BCUT2D eigenvalue weighted by Crippen LogP contribution is -2.65. The number of nitrogens with zero attached hydrogens (tertiary/aromatic N) is 4. The van der Waals surface area contributed by atoms with Gasteiger partial charge in [0.25, 0.3) is 0 Å². The van der Waals surface area contributed by atoms with Crippen molar-refractivity contribution < 1.29 is 28.7 Å². The van der Waals surface area contributed by atoms with E-state index in [-0.39, 0.29) is 50.2 Å². The molecular weight excluding hydrogens is 445 g/mol. The average molecular weight is 480 g/mol. The van der Waals surface area contributed by atoms with Crippen LogP contribution in [0.15, 0.2) is 24.3 Å². The number of aliphatic carboxylic acids is 1. The second kappa shape index (κ2) is 12.3. The van der Waals surface area contributed by atoms with Crippen LogP contribution in [0.3, 0.4) is 0 Å². The molecule has 0 saturated carbocycles. The summed E-state index contributed by atoms with van der Waals surface area (Å²) < 4.78 is 13.1. The molecule has 0 radical (unpaired) electrons. The zero-order chi connectivity index (χ0) is 25.4. The van der Waals surface area contributed by atoms with E-state index < -0.39 is 18.0 Å². The number of likely N-dealkylation sites (N-methyl/N-ethyl adjacent to an activating group) is 2. The van der Waals surface area contributed by atoms with Gasteiger partial charge in [0.1, 0.15) is 18.5 Å². The molecule has 1 unspecified atom stereocenters. The molecule has 34 heavy (non-hydrogen) atoms. The van der Waals surface area contributed by atoms with Gasteiger partial charge in [0.15, 0.2) is 0 Å². The van der Waals surface area contributed by atoms with E-state index >= 15 is 0 Å². The Morgan fingerprint density at radius 2 is 1.82 bits per heavy atom. The fourth-order valence-electron chi connectivity index (χ4n) is 3.56. The number of halogens is 1. The van der Waals surface area contributed by atoms with Gasteiger partial charge in [-0.2, -0.15) is 0 Å². The molecule has 1 aliphatic rings. The van der Waals surface area contributed by atoms with Crippen molar-refractivity contribution in [3.63, 3.8) is 0 Å². The first-order valence-electron chi connectivity index (χ1n) is 11.3. The van der Waals surface area contributed by atoms with Gasteiger partial charge in [0.05, 0.1) is 6.54 Å². The van der Waals surface area contributed by atoms with Crippen LogP contribution in [0.1, 0.15) is 38.7 Å². The molecule has 11 heteroatoms. The van der Waals surface area contributed by atoms with Gasteiger partial charge < -0.3 is 20.2 Å². The number of hydrazine groups is 1. The van der Waals surface area contributed by atoms with E-state index in [2.05, 4.69) is 5.32 Å². The van der Waals surface area contributed by atoms with Crippen molar-refractivity contribution in [2.24, 2.45) is 5.92 Å². The fraction of sp³-hybridized carbons (Fsp3) is 0.565. The van der Waals surface area contributed by atoms with Gasteiger partial charge in [0.2, 0.25) is 11.8 Å². The molecule has 0 aliphatic carbocycles. The van der Waals surface area contributed by atoms with Gasteiger partial charge in [-0.1, -0.05) is 26.0 Å². The number of carboxylic acids is 1. The molecular formula is C23H34FN5O5. The van der Waals surface area contributed by atoms with Crippen molar-refractivity contribution >= 4 is 23.8 Å². The minimum atomic E-state index is -1.07. The predicted octanol–water partition coefficient (Wildman–Crippen LogP) is 1.72. The van der Waals surface area contributed by atoms with Gasteiger partial charge in [0, 0.05) is 33.6 Å². The van der Waals surface area contributed by atoms with E-state index in [9.17, 15) is 23.6 Å². The van der Waals surface area contributed by atoms with Gasteiger partial charge >= 0.3 is 12.0 Å². The third kappa shape index (κ3) is 7.68. The molecule has 0 bridgehead atoms. The quantitative estimate of drug-likeness (QED) is 0.528. The second-order valence-electron chi connectivity index (χ2n) is 8.90. The van der Waals surface area contributed by atoms with Crippen molar-refractivity contribution in [1.29, 1.82) is 0 Å². The number of amides is 4. The fourth-order valence-corrected chi connectivity index (χ4v) is 3.56. The molecule has 0 spiro atoms. The summed E-state index contributed by atoms with van der Waals surface area (Å²) in [6, 6.07) is 4.20. The van der Waals surface area contributed by atoms with E-state index in [0.717, 1.165) is 6.42 Å². The van der Waals surface area contributed by atoms with Crippen LogP contribution in [0.4, 0.5) is 9.18 Å². The van der Waals surface area contributed by atoms with Crippen LogP contribution in [0.25, 0.3) is 0 Å². The Balaban J connectivity index is 2.14. The summed E-state index contributed by atoms with van der Waals surface area (Å²) >= 11 is 0. The third-order valence-corrected chi connectivity index (χ3v) is 5.69. The maximum absolute atomic E-state index is 13.2. The Bertz CT molecular complexity index is 879. The highest BCUT2D eigenvalue weighted by molar-refractivity contribution is 5.89. The summed E-state index contributed by atoms with van der Waals surface area (Å²) in [5.41, 5.74) is 0.698. The van der Waals surface area contributed by atoms with E-state index in [1.54, 1.807) is 26.2 Å². The number of carbonyl (C=O) groups is 4. The zero-order valence-electron chi connectivity index (χ0n) is 20.2. The van der Waals surface area contributed by atoms with Crippen molar-refractivity contribution in [3.8, 4) is 0 Å². The maximum atomic E-state index is 13.2. The summed E-state index contributed by atoms with van der Waals surface area (Å²) in [5.74, 6) is -1.80. The Labute approximate surface area is 199 Å². The number of carboxylic acid groups (broad SMARTS) is 1. The Morgan fingerprint density at radius 1 is 1.18 bits per heavy atom. The number of rotatable bonds is 10. The summed E-state index contributed by atoms with van der Waals surface area (Å²) in [6.07, 6.45) is 0.425. The Hall–Kier alpha value is -3.21. The molecule has 1 saturated heterocycles. The van der Waals surface area contributed by atoms with Crippen LogP contribution in [0.2, 0.25) is 0 Å². The van der Waals surface area contributed by atoms with Crippen LogP contribution >= 0.6 is 0 Å². The number of hydrogen-bond acceptors (Lipinski definition) is 5. The highest BCUT2D eigenvalue weighted by Crippen LogP contribution is 2.18. The average Bonchev–Trinajstić information content (AvgIpc) is 2.77. The molecule has 1 atom stereocenters. The van der Waals surface area contributed by atoms with Crippen molar-refractivity contribution in [3.05, 3.63) is 35.6 Å². The molecule has 188 valence electrons. The minimum absolute atomic E-state index is 0.0549. The van der Waals surface area contributed by atoms with Crippen LogP contribution in [-0.4, -0.2) is 88.6 Å². The monoisotopic (exact) mass is 479 g/mol. The van der Waals surface area contributed by atoms with Crippen LogP contribution < -0.4 is 5.32 Å². The van der Waals surface area contributed by atoms with Gasteiger partial charge in [-0.25, -0.2) is 19.2 Å². The molecule has 1 fully saturated rings. The number of nitrogens with one attached hydrogen (secondary N) is 1. The highest BCUT2D eigenvalue weighted by Gasteiger charge is 2.39. The molecule has 10 nitrogen and oxygen atoms in total. The minimum Gasteiger partial charge on any atom is -0.481 e. The molecule has 2 rings (SSSR count). The van der Waals surface area contributed by atoms with Crippen LogP contribution in [0, 0.1) is 11.7 Å². The second-order valence-corrected chi connectivity index (χ2v) is 8.90. The van der Waals surface area contributed by atoms with E-state index in [0.29, 0.717) is 18.0 Å². The number of benzene rings is 1. The van der Waals surface area contributed by atoms with Crippen LogP contribution in [0.5, 0.6) is 0 Å². The Morgan fingerprint density at radius 3 is 2.41 bits per heavy atom. The lowest BCUT2D eigenvalue weighted by Gasteiger charge is -2.44. The lowest BCUT2D eigenvalue weighted by molar-refractivity contribution is -0.161.